The van der Waals surface area contributed by atoms with Crippen molar-refractivity contribution in [2.75, 3.05) is 43.1 Å². The highest BCUT2D eigenvalue weighted by molar-refractivity contribution is 6.74. The highest BCUT2D eigenvalue weighted by Gasteiger charge is 2.37. The fraction of sp³-hybridized carbons (Fsp3) is 0.545. The smallest absolute Gasteiger partial charge is 0.316 e. The second kappa shape index (κ2) is 8.89. The van der Waals surface area contributed by atoms with E-state index in [1.54, 1.807) is 19.5 Å². The minimum Gasteiger partial charge on any atom is -0.467 e. The first-order chi connectivity index (χ1) is 14.1. The van der Waals surface area contributed by atoms with Gasteiger partial charge in [0, 0.05) is 31.7 Å². The molecule has 3 rings (SSSR count). The molecule has 30 heavy (non-hydrogen) atoms. The van der Waals surface area contributed by atoms with Gasteiger partial charge in [-0.25, -0.2) is 14.4 Å². The first kappa shape index (κ1) is 22.5. The normalized spacial score (nSPS) is 15.4. The topological polar surface area (TPSA) is 50.7 Å². The van der Waals surface area contributed by atoms with Crippen molar-refractivity contribution < 1.29 is 13.6 Å². The number of aromatic nitrogens is 2. The molecule has 0 spiro atoms. The number of methoxy groups -OCH3 is 1. The summed E-state index contributed by atoms with van der Waals surface area (Å²) in [6, 6.07) is 5.97. The first-order valence-electron chi connectivity index (χ1n) is 10.4. The van der Waals surface area contributed by atoms with Crippen LogP contribution in [-0.2, 0) is 11.0 Å². The average Bonchev–Trinajstić information content (AvgIpc) is 2.72. The van der Waals surface area contributed by atoms with Crippen molar-refractivity contribution in [2.24, 2.45) is 0 Å². The van der Waals surface area contributed by atoms with Crippen LogP contribution in [0.5, 0.6) is 6.01 Å². The monoisotopic (exact) mass is 432 g/mol. The molecule has 1 aliphatic heterocycles. The summed E-state index contributed by atoms with van der Waals surface area (Å²) < 4.78 is 26.5. The van der Waals surface area contributed by atoms with Gasteiger partial charge in [-0.15, -0.1) is 0 Å². The molecule has 1 aromatic heterocycles. The minimum absolute atomic E-state index is 0.0998. The van der Waals surface area contributed by atoms with Crippen LogP contribution in [0.3, 0.4) is 0 Å². The molecule has 0 atom stereocenters. The van der Waals surface area contributed by atoms with E-state index in [1.807, 2.05) is 18.2 Å². The van der Waals surface area contributed by atoms with Crippen molar-refractivity contribution in [2.45, 2.75) is 45.5 Å². The molecule has 0 radical (unpaired) electrons. The molecule has 0 saturated carbocycles. The lowest BCUT2D eigenvalue weighted by atomic mass is 10.1. The number of hydrogen-bond acceptors (Lipinski definition) is 6. The predicted octanol–water partition coefficient (Wildman–Crippen LogP) is 4.47. The number of hydrogen-bond donors (Lipinski definition) is 0. The second-order valence-corrected chi connectivity index (χ2v) is 14.0. The fourth-order valence-corrected chi connectivity index (χ4v) is 4.13. The lowest BCUT2D eigenvalue weighted by Gasteiger charge is -2.38. The van der Waals surface area contributed by atoms with Crippen LogP contribution in [0.2, 0.25) is 18.1 Å². The zero-order chi connectivity index (χ0) is 21.9. The van der Waals surface area contributed by atoms with Crippen molar-refractivity contribution in [1.82, 2.24) is 9.97 Å². The van der Waals surface area contributed by atoms with Crippen molar-refractivity contribution >= 4 is 19.7 Å². The maximum absolute atomic E-state index is 15.3. The molecule has 2 heterocycles. The third-order valence-electron chi connectivity index (χ3n) is 6.24. The summed E-state index contributed by atoms with van der Waals surface area (Å²) in [6.45, 7) is 14.3. The highest BCUT2D eigenvalue weighted by Crippen LogP contribution is 2.37. The van der Waals surface area contributed by atoms with Crippen molar-refractivity contribution in [3.8, 4) is 6.01 Å². The standard InChI is InChI=1S/C22H33FN4O2Si/c1-22(2,3)30(5,6)29-16-17-8-7-9-19(20(17)23)27-12-10-26(11-13-27)18-14-24-21(28-4)25-15-18/h7-9,14-15H,10-13,16H2,1-6H3. The number of rotatable bonds is 6. The predicted molar refractivity (Wildman–Crippen MR) is 121 cm³/mol. The molecule has 0 aliphatic carbocycles. The van der Waals surface area contributed by atoms with Crippen LogP contribution in [0.1, 0.15) is 26.3 Å². The van der Waals surface area contributed by atoms with Crippen LogP contribution < -0.4 is 14.5 Å². The molecule has 2 aromatic rings. The largest absolute Gasteiger partial charge is 0.467 e. The van der Waals surface area contributed by atoms with E-state index in [0.29, 0.717) is 23.9 Å². The molecule has 8 heteroatoms. The fourth-order valence-electron chi connectivity index (χ4n) is 3.18. The first-order valence-corrected chi connectivity index (χ1v) is 13.3. The third-order valence-corrected chi connectivity index (χ3v) is 10.7. The number of benzene rings is 1. The molecule has 0 amide bonds. The van der Waals surface area contributed by atoms with E-state index in [9.17, 15) is 0 Å². The zero-order valence-electron chi connectivity index (χ0n) is 18.9. The van der Waals surface area contributed by atoms with Gasteiger partial charge in [-0.1, -0.05) is 32.9 Å². The molecule has 0 unspecified atom stereocenters. The van der Waals surface area contributed by atoms with Crippen LogP contribution >= 0.6 is 0 Å². The van der Waals surface area contributed by atoms with Crippen LogP contribution in [-0.4, -0.2) is 51.6 Å². The van der Waals surface area contributed by atoms with E-state index < -0.39 is 8.32 Å². The van der Waals surface area contributed by atoms with Gasteiger partial charge in [0.15, 0.2) is 14.1 Å². The van der Waals surface area contributed by atoms with E-state index >= 15 is 4.39 Å². The Morgan fingerprint density at radius 1 is 1.03 bits per heavy atom. The Kier molecular flexibility index (Phi) is 6.67. The van der Waals surface area contributed by atoms with Crippen molar-refractivity contribution in [3.05, 3.63) is 42.0 Å². The van der Waals surface area contributed by atoms with Gasteiger partial charge in [0.2, 0.25) is 0 Å². The third kappa shape index (κ3) is 4.92. The molecule has 0 N–H and O–H groups in total. The Balaban J connectivity index is 1.65. The molecule has 164 valence electrons. The summed E-state index contributed by atoms with van der Waals surface area (Å²) in [6.07, 6.45) is 3.53. The van der Waals surface area contributed by atoms with E-state index in [1.165, 1.54) is 0 Å². The maximum atomic E-state index is 15.3. The Bertz CT molecular complexity index is 847. The second-order valence-electron chi connectivity index (χ2n) is 9.20. The molecular formula is C22H33FN4O2Si. The Morgan fingerprint density at radius 2 is 1.63 bits per heavy atom. The van der Waals surface area contributed by atoms with Gasteiger partial charge >= 0.3 is 6.01 Å². The molecular weight excluding hydrogens is 399 g/mol. The Morgan fingerprint density at radius 3 is 2.20 bits per heavy atom. The van der Waals surface area contributed by atoms with Gasteiger partial charge < -0.3 is 19.0 Å². The quantitative estimate of drug-likeness (QED) is 0.628. The number of ether oxygens (including phenoxy) is 1. The van der Waals surface area contributed by atoms with Crippen molar-refractivity contribution in [3.63, 3.8) is 0 Å². The summed E-state index contributed by atoms with van der Waals surface area (Å²) >= 11 is 0. The van der Waals surface area contributed by atoms with Crippen LogP contribution in [0.25, 0.3) is 0 Å². The Labute approximate surface area is 180 Å². The van der Waals surface area contributed by atoms with E-state index in [0.717, 1.165) is 31.9 Å². The average molecular weight is 433 g/mol. The summed E-state index contributed by atoms with van der Waals surface area (Å²) in [5.74, 6) is -0.169. The molecule has 1 aromatic carbocycles. The van der Waals surface area contributed by atoms with Crippen LogP contribution in [0.4, 0.5) is 15.8 Å². The molecule has 1 fully saturated rings. The molecule has 6 nitrogen and oxygen atoms in total. The molecule has 0 bridgehead atoms. The lowest BCUT2D eigenvalue weighted by molar-refractivity contribution is 0.271. The van der Waals surface area contributed by atoms with E-state index in [-0.39, 0.29) is 10.9 Å². The summed E-state index contributed by atoms with van der Waals surface area (Å²) in [7, 11) is -0.379. The molecule has 1 aliphatic rings. The number of anilines is 2. The summed E-state index contributed by atoms with van der Waals surface area (Å²) in [5.41, 5.74) is 2.23. The van der Waals surface area contributed by atoms with Gasteiger partial charge in [-0.3, -0.25) is 0 Å². The maximum Gasteiger partial charge on any atom is 0.316 e. The van der Waals surface area contributed by atoms with E-state index in [2.05, 4.69) is 53.6 Å². The summed E-state index contributed by atoms with van der Waals surface area (Å²) in [4.78, 5) is 12.7. The SMILES string of the molecule is COc1ncc(N2CCN(c3cccc(CO[Si](C)(C)C(C)(C)C)c3F)CC2)cn1. The summed E-state index contributed by atoms with van der Waals surface area (Å²) in [5, 5.41) is 0.0998. The molecule has 1 saturated heterocycles. The number of halogens is 1. The van der Waals surface area contributed by atoms with Gasteiger partial charge in [0.25, 0.3) is 0 Å². The number of piperazine rings is 1. The van der Waals surface area contributed by atoms with Gasteiger partial charge in [-0.2, -0.15) is 0 Å². The Hall–Kier alpha value is -2.19. The van der Waals surface area contributed by atoms with E-state index in [4.69, 9.17) is 9.16 Å². The van der Waals surface area contributed by atoms with Gasteiger partial charge in [0.05, 0.1) is 37.5 Å². The number of nitrogens with zero attached hydrogens (tertiary/aromatic N) is 4. The van der Waals surface area contributed by atoms with Gasteiger partial charge in [0.1, 0.15) is 0 Å². The minimum atomic E-state index is -1.93. The van der Waals surface area contributed by atoms with Crippen LogP contribution in [0, 0.1) is 5.82 Å². The zero-order valence-corrected chi connectivity index (χ0v) is 19.9. The van der Waals surface area contributed by atoms with Crippen LogP contribution in [0.15, 0.2) is 30.6 Å². The highest BCUT2D eigenvalue weighted by atomic mass is 28.4. The lowest BCUT2D eigenvalue weighted by Crippen LogP contribution is -2.47. The van der Waals surface area contributed by atoms with Crippen molar-refractivity contribution in [1.29, 1.82) is 0 Å². The van der Waals surface area contributed by atoms with Gasteiger partial charge in [-0.05, 0) is 24.2 Å².